The minimum absolute atomic E-state index is 0.102. The van der Waals surface area contributed by atoms with E-state index in [0.29, 0.717) is 12.2 Å². The fourth-order valence-electron chi connectivity index (χ4n) is 1.87. The van der Waals surface area contributed by atoms with Crippen LogP contribution in [-0.4, -0.2) is 22.2 Å². The molecule has 1 heterocycles. The number of aromatic nitrogens is 2. The van der Waals surface area contributed by atoms with Crippen molar-refractivity contribution in [2.24, 2.45) is 0 Å². The Hall–Kier alpha value is -2.30. The largest absolute Gasteiger partial charge is 0.481 e. The third kappa shape index (κ3) is 3.60. The van der Waals surface area contributed by atoms with Gasteiger partial charge in [0.25, 0.3) is 5.91 Å². The number of H-pyrrole nitrogens is 1. The standard InChI is InChI=1S/C15H19N3O2/c1-3-14(20-13-7-5-4-6-8-13)15(19)18-11(2)12-9-16-17-10-12/h4-11,14H,3H2,1-2H3,(H,16,17)(H,18,19). The van der Waals surface area contributed by atoms with Gasteiger partial charge >= 0.3 is 0 Å². The summed E-state index contributed by atoms with van der Waals surface area (Å²) in [6, 6.07) is 9.26. The smallest absolute Gasteiger partial charge is 0.261 e. The van der Waals surface area contributed by atoms with Gasteiger partial charge in [0.15, 0.2) is 6.10 Å². The maximum Gasteiger partial charge on any atom is 0.261 e. The molecule has 1 aromatic carbocycles. The molecule has 0 aliphatic rings. The molecule has 5 heteroatoms. The first kappa shape index (κ1) is 14.1. The van der Waals surface area contributed by atoms with Gasteiger partial charge < -0.3 is 10.1 Å². The summed E-state index contributed by atoms with van der Waals surface area (Å²) in [5.41, 5.74) is 0.938. The average Bonchev–Trinajstić information content (AvgIpc) is 3.00. The summed E-state index contributed by atoms with van der Waals surface area (Å²) in [5.74, 6) is 0.579. The first-order valence-corrected chi connectivity index (χ1v) is 6.71. The van der Waals surface area contributed by atoms with E-state index in [1.807, 2.05) is 44.2 Å². The summed E-state index contributed by atoms with van der Waals surface area (Å²) in [6.07, 6.45) is 3.58. The number of hydrogen-bond acceptors (Lipinski definition) is 3. The van der Waals surface area contributed by atoms with Crippen LogP contribution in [-0.2, 0) is 4.79 Å². The fourth-order valence-corrected chi connectivity index (χ4v) is 1.87. The minimum Gasteiger partial charge on any atom is -0.481 e. The number of carbonyl (C=O) groups is 1. The molecule has 0 saturated heterocycles. The molecule has 5 nitrogen and oxygen atoms in total. The Kier molecular flexibility index (Phi) is 4.76. The molecule has 2 N–H and O–H groups in total. The summed E-state index contributed by atoms with van der Waals surface area (Å²) in [7, 11) is 0. The molecule has 20 heavy (non-hydrogen) atoms. The number of nitrogens with zero attached hydrogens (tertiary/aromatic N) is 1. The molecule has 0 fully saturated rings. The highest BCUT2D eigenvalue weighted by Gasteiger charge is 2.20. The Morgan fingerprint density at radius 1 is 1.40 bits per heavy atom. The second-order valence-corrected chi connectivity index (χ2v) is 4.59. The summed E-state index contributed by atoms with van der Waals surface area (Å²) in [4.78, 5) is 12.2. The third-order valence-electron chi connectivity index (χ3n) is 3.06. The number of rotatable bonds is 6. The lowest BCUT2D eigenvalue weighted by Gasteiger charge is -2.20. The van der Waals surface area contributed by atoms with E-state index in [4.69, 9.17) is 4.74 Å². The lowest BCUT2D eigenvalue weighted by Crippen LogP contribution is -2.39. The summed E-state index contributed by atoms with van der Waals surface area (Å²) in [5, 5.41) is 9.54. The number of nitrogens with one attached hydrogen (secondary N) is 2. The van der Waals surface area contributed by atoms with Gasteiger partial charge in [0.05, 0.1) is 12.2 Å². The predicted molar refractivity (Wildman–Crippen MR) is 76.3 cm³/mol. The number of para-hydroxylation sites is 1. The van der Waals surface area contributed by atoms with E-state index in [-0.39, 0.29) is 11.9 Å². The fraction of sp³-hybridized carbons (Fsp3) is 0.333. The van der Waals surface area contributed by atoms with E-state index in [1.54, 1.807) is 12.4 Å². The normalized spacial score (nSPS) is 13.5. The van der Waals surface area contributed by atoms with Gasteiger partial charge in [0.1, 0.15) is 5.75 Å². The van der Waals surface area contributed by atoms with Crippen LogP contribution in [0.15, 0.2) is 42.7 Å². The number of carbonyl (C=O) groups excluding carboxylic acids is 1. The van der Waals surface area contributed by atoms with Crippen molar-refractivity contribution in [2.75, 3.05) is 0 Å². The van der Waals surface area contributed by atoms with Crippen LogP contribution >= 0.6 is 0 Å². The van der Waals surface area contributed by atoms with Crippen LogP contribution in [0.1, 0.15) is 31.9 Å². The number of benzene rings is 1. The topological polar surface area (TPSA) is 67.0 Å². The summed E-state index contributed by atoms with van der Waals surface area (Å²) in [6.45, 7) is 3.84. The van der Waals surface area contributed by atoms with Crippen LogP contribution in [0.4, 0.5) is 0 Å². The quantitative estimate of drug-likeness (QED) is 0.849. The van der Waals surface area contributed by atoms with Crippen LogP contribution < -0.4 is 10.1 Å². The molecule has 2 aromatic rings. The third-order valence-corrected chi connectivity index (χ3v) is 3.06. The van der Waals surface area contributed by atoms with E-state index >= 15 is 0 Å². The number of aromatic amines is 1. The molecule has 0 spiro atoms. The first-order valence-electron chi connectivity index (χ1n) is 6.71. The SMILES string of the molecule is CCC(Oc1ccccc1)C(=O)NC(C)c1cn[nH]c1. The van der Waals surface area contributed by atoms with Crippen LogP contribution in [0.2, 0.25) is 0 Å². The van der Waals surface area contributed by atoms with E-state index < -0.39 is 6.10 Å². The van der Waals surface area contributed by atoms with Crippen molar-refractivity contribution in [3.05, 3.63) is 48.3 Å². The van der Waals surface area contributed by atoms with E-state index in [9.17, 15) is 4.79 Å². The molecule has 2 unspecified atom stereocenters. The molecular formula is C15H19N3O2. The highest BCUT2D eigenvalue weighted by atomic mass is 16.5. The van der Waals surface area contributed by atoms with Gasteiger partial charge in [-0.25, -0.2) is 0 Å². The van der Waals surface area contributed by atoms with Gasteiger partial charge in [0, 0.05) is 11.8 Å². The molecule has 0 radical (unpaired) electrons. The number of amides is 1. The summed E-state index contributed by atoms with van der Waals surface area (Å²) >= 11 is 0. The lowest BCUT2D eigenvalue weighted by molar-refractivity contribution is -0.128. The van der Waals surface area contributed by atoms with E-state index in [0.717, 1.165) is 5.56 Å². The van der Waals surface area contributed by atoms with Gasteiger partial charge in [-0.15, -0.1) is 0 Å². The number of ether oxygens (including phenoxy) is 1. The van der Waals surface area contributed by atoms with Crippen molar-refractivity contribution in [2.45, 2.75) is 32.4 Å². The van der Waals surface area contributed by atoms with Gasteiger partial charge in [-0.05, 0) is 25.5 Å². The van der Waals surface area contributed by atoms with Crippen molar-refractivity contribution < 1.29 is 9.53 Å². The van der Waals surface area contributed by atoms with Gasteiger partial charge in [-0.3, -0.25) is 9.89 Å². The molecule has 2 atom stereocenters. The van der Waals surface area contributed by atoms with Crippen LogP contribution in [0.25, 0.3) is 0 Å². The van der Waals surface area contributed by atoms with Crippen molar-refractivity contribution >= 4 is 5.91 Å². The molecule has 0 aliphatic carbocycles. The van der Waals surface area contributed by atoms with Crippen molar-refractivity contribution in [3.8, 4) is 5.75 Å². The van der Waals surface area contributed by atoms with Gasteiger partial charge in [-0.2, -0.15) is 5.10 Å². The summed E-state index contributed by atoms with van der Waals surface area (Å²) < 4.78 is 5.71. The van der Waals surface area contributed by atoms with E-state index in [2.05, 4.69) is 15.5 Å². The number of hydrogen-bond donors (Lipinski definition) is 2. The van der Waals surface area contributed by atoms with Crippen molar-refractivity contribution in [1.29, 1.82) is 0 Å². The highest BCUT2D eigenvalue weighted by Crippen LogP contribution is 2.14. The first-order chi connectivity index (χ1) is 9.70. The Morgan fingerprint density at radius 2 is 2.15 bits per heavy atom. The second-order valence-electron chi connectivity index (χ2n) is 4.59. The zero-order valence-electron chi connectivity index (χ0n) is 11.7. The molecule has 106 valence electrons. The minimum atomic E-state index is -0.494. The molecule has 1 amide bonds. The van der Waals surface area contributed by atoms with Gasteiger partial charge in [0.2, 0.25) is 0 Å². The molecule has 0 aliphatic heterocycles. The Labute approximate surface area is 118 Å². The Balaban J connectivity index is 1.95. The molecule has 0 saturated carbocycles. The zero-order chi connectivity index (χ0) is 14.4. The molecular weight excluding hydrogens is 254 g/mol. The molecule has 0 bridgehead atoms. The van der Waals surface area contributed by atoms with Crippen molar-refractivity contribution in [1.82, 2.24) is 15.5 Å². The van der Waals surface area contributed by atoms with Crippen molar-refractivity contribution in [3.63, 3.8) is 0 Å². The van der Waals surface area contributed by atoms with Gasteiger partial charge in [-0.1, -0.05) is 25.1 Å². The van der Waals surface area contributed by atoms with E-state index in [1.165, 1.54) is 0 Å². The second kappa shape index (κ2) is 6.75. The van der Waals surface area contributed by atoms with Crippen LogP contribution in [0.3, 0.4) is 0 Å². The Bertz CT molecular complexity index is 525. The van der Waals surface area contributed by atoms with Crippen LogP contribution in [0.5, 0.6) is 5.75 Å². The maximum atomic E-state index is 12.2. The zero-order valence-corrected chi connectivity index (χ0v) is 11.7. The monoisotopic (exact) mass is 273 g/mol. The maximum absolute atomic E-state index is 12.2. The molecule has 1 aromatic heterocycles. The predicted octanol–water partition coefficient (Wildman–Crippen LogP) is 2.44. The van der Waals surface area contributed by atoms with Crippen LogP contribution in [0, 0.1) is 0 Å². The highest BCUT2D eigenvalue weighted by molar-refractivity contribution is 5.81. The Morgan fingerprint density at radius 3 is 2.75 bits per heavy atom. The molecule has 2 rings (SSSR count). The lowest BCUT2D eigenvalue weighted by atomic mass is 10.1. The average molecular weight is 273 g/mol.